The van der Waals surface area contributed by atoms with Crippen LogP contribution in [0.3, 0.4) is 0 Å². The molecular formula is C17H19ClN2O. The maximum Gasteiger partial charge on any atom is 0.161 e. The minimum atomic E-state index is -0.0341. The van der Waals surface area contributed by atoms with E-state index in [1.54, 1.807) is 6.07 Å². The van der Waals surface area contributed by atoms with Gasteiger partial charge < -0.3 is 10.6 Å². The maximum atomic E-state index is 11.6. The van der Waals surface area contributed by atoms with Crippen molar-refractivity contribution in [2.45, 2.75) is 19.9 Å². The van der Waals surface area contributed by atoms with E-state index in [0.717, 1.165) is 16.3 Å². The highest BCUT2D eigenvalue weighted by Gasteiger charge is 2.16. The number of benzene rings is 2. The van der Waals surface area contributed by atoms with Gasteiger partial charge >= 0.3 is 0 Å². The second-order valence-corrected chi connectivity index (χ2v) is 5.54. The Labute approximate surface area is 130 Å². The fourth-order valence-corrected chi connectivity index (χ4v) is 2.61. The molecule has 1 atom stereocenters. The van der Waals surface area contributed by atoms with E-state index in [1.165, 1.54) is 6.92 Å². The zero-order valence-electron chi connectivity index (χ0n) is 12.4. The molecule has 0 heterocycles. The maximum absolute atomic E-state index is 11.6. The van der Waals surface area contributed by atoms with E-state index in [4.69, 9.17) is 17.3 Å². The molecule has 3 nitrogen and oxygen atoms in total. The van der Waals surface area contributed by atoms with Crippen LogP contribution in [0.5, 0.6) is 0 Å². The summed E-state index contributed by atoms with van der Waals surface area (Å²) in [5.74, 6) is -0.0341. The molecule has 0 amide bonds. The molecule has 0 fully saturated rings. The van der Waals surface area contributed by atoms with Gasteiger partial charge in [-0.2, -0.15) is 0 Å². The van der Waals surface area contributed by atoms with Crippen molar-refractivity contribution in [3.05, 3.63) is 58.6 Å². The summed E-state index contributed by atoms with van der Waals surface area (Å²) < 4.78 is 0. The summed E-state index contributed by atoms with van der Waals surface area (Å²) in [6.45, 7) is 3.60. The second kappa shape index (κ2) is 6.19. The van der Waals surface area contributed by atoms with Crippen LogP contribution in [0.4, 0.5) is 11.4 Å². The van der Waals surface area contributed by atoms with Gasteiger partial charge in [0.2, 0.25) is 0 Å². The van der Waals surface area contributed by atoms with Gasteiger partial charge in [-0.25, -0.2) is 0 Å². The first-order valence-corrected chi connectivity index (χ1v) is 7.17. The Morgan fingerprint density at radius 1 is 1.24 bits per heavy atom. The summed E-state index contributed by atoms with van der Waals surface area (Å²) in [7, 11) is 1.98. The number of halogens is 1. The number of nitrogens with zero attached hydrogens (tertiary/aromatic N) is 1. The normalized spacial score (nSPS) is 12.0. The molecule has 0 aromatic heterocycles. The smallest absolute Gasteiger partial charge is 0.161 e. The van der Waals surface area contributed by atoms with Crippen molar-refractivity contribution < 1.29 is 4.79 Å². The molecular weight excluding hydrogens is 284 g/mol. The molecule has 2 aromatic carbocycles. The number of nitrogen functional groups attached to an aromatic ring is 1. The molecule has 2 N–H and O–H groups in total. The first-order valence-electron chi connectivity index (χ1n) is 6.79. The SMILES string of the molecule is CC(=O)c1cc(N(C)C(C)c2ccccc2Cl)ccc1N. The van der Waals surface area contributed by atoms with Gasteiger partial charge in [0.25, 0.3) is 0 Å². The van der Waals surface area contributed by atoms with Crippen LogP contribution in [0.15, 0.2) is 42.5 Å². The minimum absolute atomic E-state index is 0.0341. The molecule has 0 saturated heterocycles. The number of carbonyl (C=O) groups excluding carboxylic acids is 1. The number of nitrogens with two attached hydrogens (primary N) is 1. The Kier molecular flexibility index (Phi) is 4.53. The van der Waals surface area contributed by atoms with E-state index in [2.05, 4.69) is 11.8 Å². The standard InChI is InChI=1S/C17H19ClN2O/c1-11(14-6-4-5-7-16(14)18)20(3)13-8-9-17(19)15(10-13)12(2)21/h4-11H,19H2,1-3H3. The summed E-state index contributed by atoms with van der Waals surface area (Å²) in [6.07, 6.45) is 0. The number of hydrogen-bond donors (Lipinski definition) is 1. The third kappa shape index (κ3) is 3.19. The Morgan fingerprint density at radius 2 is 1.90 bits per heavy atom. The third-order valence-electron chi connectivity index (χ3n) is 3.76. The van der Waals surface area contributed by atoms with Crippen molar-refractivity contribution in [1.82, 2.24) is 0 Å². The number of rotatable bonds is 4. The number of anilines is 2. The van der Waals surface area contributed by atoms with Crippen molar-refractivity contribution in [3.63, 3.8) is 0 Å². The van der Waals surface area contributed by atoms with Gasteiger partial charge in [0.1, 0.15) is 0 Å². The van der Waals surface area contributed by atoms with Gasteiger partial charge in [0, 0.05) is 29.0 Å². The van der Waals surface area contributed by atoms with E-state index in [9.17, 15) is 4.79 Å². The predicted octanol–water partition coefficient (Wildman–Crippen LogP) is 4.32. The zero-order valence-corrected chi connectivity index (χ0v) is 13.2. The fourth-order valence-electron chi connectivity index (χ4n) is 2.31. The van der Waals surface area contributed by atoms with Crippen molar-refractivity contribution in [2.75, 3.05) is 17.7 Å². The van der Waals surface area contributed by atoms with Crippen molar-refractivity contribution in [3.8, 4) is 0 Å². The van der Waals surface area contributed by atoms with Crippen molar-refractivity contribution in [1.29, 1.82) is 0 Å². The fraction of sp³-hybridized carbons (Fsp3) is 0.235. The van der Waals surface area contributed by atoms with Crippen LogP contribution in [0.2, 0.25) is 5.02 Å². The van der Waals surface area contributed by atoms with E-state index >= 15 is 0 Å². The molecule has 4 heteroatoms. The lowest BCUT2D eigenvalue weighted by molar-refractivity contribution is 0.101. The first kappa shape index (κ1) is 15.4. The summed E-state index contributed by atoms with van der Waals surface area (Å²) in [5.41, 5.74) is 8.87. The predicted molar refractivity (Wildman–Crippen MR) is 89.1 cm³/mol. The van der Waals surface area contributed by atoms with Gasteiger partial charge in [-0.05, 0) is 43.7 Å². The zero-order chi connectivity index (χ0) is 15.6. The highest BCUT2D eigenvalue weighted by molar-refractivity contribution is 6.31. The lowest BCUT2D eigenvalue weighted by Crippen LogP contribution is -2.22. The van der Waals surface area contributed by atoms with E-state index in [1.807, 2.05) is 43.4 Å². The Morgan fingerprint density at radius 3 is 2.52 bits per heavy atom. The highest BCUT2D eigenvalue weighted by Crippen LogP contribution is 2.31. The Bertz CT molecular complexity index is 670. The van der Waals surface area contributed by atoms with Crippen LogP contribution in [-0.4, -0.2) is 12.8 Å². The molecule has 110 valence electrons. The quantitative estimate of drug-likeness (QED) is 0.675. The number of ketones is 1. The molecule has 21 heavy (non-hydrogen) atoms. The largest absolute Gasteiger partial charge is 0.398 e. The Balaban J connectivity index is 2.36. The first-order chi connectivity index (χ1) is 9.91. The lowest BCUT2D eigenvalue weighted by Gasteiger charge is -2.28. The van der Waals surface area contributed by atoms with Crippen LogP contribution in [0.1, 0.15) is 35.8 Å². The summed E-state index contributed by atoms with van der Waals surface area (Å²) >= 11 is 6.26. The lowest BCUT2D eigenvalue weighted by atomic mass is 10.0. The topological polar surface area (TPSA) is 46.3 Å². The molecule has 0 bridgehead atoms. The third-order valence-corrected chi connectivity index (χ3v) is 4.10. The van der Waals surface area contributed by atoms with E-state index in [-0.39, 0.29) is 11.8 Å². The molecule has 0 radical (unpaired) electrons. The minimum Gasteiger partial charge on any atom is -0.398 e. The van der Waals surface area contributed by atoms with Crippen molar-refractivity contribution in [2.24, 2.45) is 0 Å². The van der Waals surface area contributed by atoms with Gasteiger partial charge in [-0.3, -0.25) is 4.79 Å². The van der Waals surface area contributed by atoms with Crippen LogP contribution in [-0.2, 0) is 0 Å². The monoisotopic (exact) mass is 302 g/mol. The van der Waals surface area contributed by atoms with Crippen LogP contribution < -0.4 is 10.6 Å². The van der Waals surface area contributed by atoms with Crippen LogP contribution in [0, 0.1) is 0 Å². The molecule has 0 spiro atoms. The van der Waals surface area contributed by atoms with Crippen LogP contribution in [0.25, 0.3) is 0 Å². The highest BCUT2D eigenvalue weighted by atomic mass is 35.5. The molecule has 0 aliphatic rings. The molecule has 0 aliphatic heterocycles. The number of carbonyl (C=O) groups is 1. The molecule has 1 unspecified atom stereocenters. The van der Waals surface area contributed by atoms with Crippen molar-refractivity contribution >= 4 is 28.8 Å². The van der Waals surface area contributed by atoms with E-state index < -0.39 is 0 Å². The second-order valence-electron chi connectivity index (χ2n) is 5.14. The van der Waals surface area contributed by atoms with Gasteiger partial charge in [-0.15, -0.1) is 0 Å². The van der Waals surface area contributed by atoms with Gasteiger partial charge in [-0.1, -0.05) is 29.8 Å². The molecule has 2 rings (SSSR count). The molecule has 2 aromatic rings. The Hall–Kier alpha value is -2.00. The van der Waals surface area contributed by atoms with Crippen LogP contribution >= 0.6 is 11.6 Å². The van der Waals surface area contributed by atoms with E-state index in [0.29, 0.717) is 11.3 Å². The number of hydrogen-bond acceptors (Lipinski definition) is 3. The van der Waals surface area contributed by atoms with Gasteiger partial charge in [0.05, 0.1) is 6.04 Å². The number of Topliss-reactive ketones (excluding diaryl/α,β-unsaturated/α-hetero) is 1. The summed E-state index contributed by atoms with van der Waals surface area (Å²) in [6, 6.07) is 13.4. The van der Waals surface area contributed by atoms with Gasteiger partial charge in [0.15, 0.2) is 5.78 Å². The summed E-state index contributed by atoms with van der Waals surface area (Å²) in [5, 5.41) is 0.735. The summed E-state index contributed by atoms with van der Waals surface area (Å²) in [4.78, 5) is 13.7. The molecule has 0 aliphatic carbocycles. The average Bonchev–Trinajstić information content (AvgIpc) is 2.46. The molecule has 0 saturated carbocycles. The average molecular weight is 303 g/mol.